The normalized spacial score (nSPS) is 9.67. The third-order valence-corrected chi connectivity index (χ3v) is 5.51. The summed E-state index contributed by atoms with van der Waals surface area (Å²) in [6, 6.07) is 16.4. The molecule has 160 valence electrons. The predicted molar refractivity (Wildman–Crippen MR) is 131 cm³/mol. The monoisotopic (exact) mass is 700 g/mol. The van der Waals surface area contributed by atoms with Crippen LogP contribution >= 0.6 is 55.1 Å². The quantitative estimate of drug-likeness (QED) is 0.195. The van der Waals surface area contributed by atoms with Crippen molar-refractivity contribution in [2.45, 2.75) is 26.9 Å². The molecule has 4 aromatic carbocycles. The maximum Gasteiger partial charge on any atom is 0.0000896 e. The number of hydrogen-bond acceptors (Lipinski definition) is 0. The van der Waals surface area contributed by atoms with E-state index >= 15 is 0 Å². The van der Waals surface area contributed by atoms with Crippen LogP contribution in [0.1, 0.15) is 11.1 Å². The third kappa shape index (κ3) is 9.40. The van der Waals surface area contributed by atoms with Gasteiger partial charge < -0.3 is 24.8 Å². The van der Waals surface area contributed by atoms with Crippen LogP contribution in [0.15, 0.2) is 57.5 Å². The van der Waals surface area contributed by atoms with Crippen LogP contribution in [-0.4, -0.2) is 5.43 Å². The molecule has 0 saturated carbocycles. The molecular weight excluding hydrogens is 685 g/mol. The average Bonchev–Trinajstić information content (AvgIpc) is 3.09. The molecule has 0 radical (unpaired) electrons. The van der Waals surface area contributed by atoms with Crippen LogP contribution in [-0.2, 0) is 23.3 Å². The number of halogens is 6. The van der Waals surface area contributed by atoms with Crippen molar-refractivity contribution in [1.82, 2.24) is 0 Å². The van der Waals surface area contributed by atoms with E-state index in [9.17, 15) is 0 Å². The van der Waals surface area contributed by atoms with Gasteiger partial charge in [0, 0.05) is 10.0 Å². The van der Waals surface area contributed by atoms with Crippen molar-refractivity contribution >= 4 is 82.0 Å². The molecule has 8 heteroatoms. The minimum Gasteiger partial charge on any atom is -1.00 e. The van der Waals surface area contributed by atoms with Crippen molar-refractivity contribution in [1.29, 1.82) is 0 Å². The minimum absolute atomic E-state index is 0. The summed E-state index contributed by atoms with van der Waals surface area (Å²) in [5.74, 6) is 0. The molecule has 30 heavy (non-hydrogen) atoms. The Morgan fingerprint density at radius 1 is 0.733 bits per heavy atom. The molecule has 0 aliphatic carbocycles. The van der Waals surface area contributed by atoms with E-state index < -0.39 is 0 Å². The van der Waals surface area contributed by atoms with Crippen LogP contribution in [0.5, 0.6) is 0 Å². The molecule has 0 atom stereocenters. The Bertz CT molecular complexity index is 1050. The second-order valence-corrected chi connectivity index (χ2v) is 18.8. The zero-order valence-corrected chi connectivity index (χ0v) is 26.5. The van der Waals surface area contributed by atoms with E-state index in [1.54, 1.807) is 23.3 Å². The first kappa shape index (κ1) is 30.9. The summed E-state index contributed by atoms with van der Waals surface area (Å²) >= 11 is 20.5. The van der Waals surface area contributed by atoms with Gasteiger partial charge in [-0.1, -0.05) is 68.9 Å². The van der Waals surface area contributed by atoms with Crippen molar-refractivity contribution in [3.63, 3.8) is 0 Å². The molecule has 4 rings (SSSR count). The Hall–Kier alpha value is 0.880. The van der Waals surface area contributed by atoms with Gasteiger partial charge in [-0.25, -0.2) is 0 Å². The Labute approximate surface area is 233 Å². The van der Waals surface area contributed by atoms with Gasteiger partial charge in [-0.15, -0.1) is 56.9 Å². The standard InChI is InChI=1S/2C10H7BrCl.C2H6Si.2ClH.Zr/c2*1-6-2-7-4-8(12)5-10(11)9(7)3-6;1-3-2;;;/h2*2-5H,1H3;1-2H3;2*1H;/q2*-1;;;;+2/p-2. The Kier molecular flexibility index (Phi) is 14.6. The summed E-state index contributed by atoms with van der Waals surface area (Å²) in [5.41, 5.74) is 2.75. The molecule has 0 nitrogen and oxygen atoms in total. The Morgan fingerprint density at radius 3 is 1.33 bits per heavy atom. The topological polar surface area (TPSA) is 0 Å². The second kappa shape index (κ2) is 14.2. The van der Waals surface area contributed by atoms with Crippen molar-refractivity contribution in [2.75, 3.05) is 0 Å². The van der Waals surface area contributed by atoms with E-state index in [-0.39, 0.29) is 30.2 Å². The fourth-order valence-corrected chi connectivity index (χ4v) is 4.68. The van der Waals surface area contributed by atoms with E-state index in [1.165, 1.54) is 32.7 Å². The minimum atomic E-state index is 0. The summed E-state index contributed by atoms with van der Waals surface area (Å²) in [4.78, 5) is 0. The molecule has 0 fully saturated rings. The molecule has 0 N–H and O–H groups in total. The largest absolute Gasteiger partial charge is 1.00 e. The molecule has 0 spiro atoms. The van der Waals surface area contributed by atoms with Crippen molar-refractivity contribution in [3.8, 4) is 0 Å². The molecule has 0 saturated heterocycles. The fourth-order valence-electron chi connectivity index (χ4n) is 2.78. The van der Waals surface area contributed by atoms with Gasteiger partial charge in [0.15, 0.2) is 0 Å². The van der Waals surface area contributed by atoms with Gasteiger partial charge in [-0.05, 0) is 21.1 Å². The molecular formula is C22H20Br2Cl4SiZr-2. The Balaban J connectivity index is 0.000000452. The van der Waals surface area contributed by atoms with Gasteiger partial charge in [-0.3, -0.25) is 0 Å². The fraction of sp³-hybridized carbons (Fsp3) is 0.182. The maximum absolute atomic E-state index is 5.90. The number of hydrogen-bond donors (Lipinski definition) is 0. The van der Waals surface area contributed by atoms with Crippen molar-refractivity contribution in [3.05, 3.63) is 78.6 Å². The molecule has 0 aliphatic heterocycles. The number of aryl methyl sites for hydroxylation is 2. The summed E-state index contributed by atoms with van der Waals surface area (Å²) < 4.78 is 2.14. The smallest absolute Gasteiger partial charge is 0.0000896 e. The van der Waals surface area contributed by atoms with Crippen LogP contribution in [0.2, 0.25) is 23.1 Å². The van der Waals surface area contributed by atoms with Gasteiger partial charge in [0.1, 0.15) is 0 Å². The van der Waals surface area contributed by atoms with Crippen LogP contribution < -0.4 is 24.8 Å². The molecule has 0 bridgehead atoms. The maximum atomic E-state index is 5.90. The SMILES string of the molecule is C[Si](C)=[Zr+2].Cc1cc2c(Br)cc(Cl)cc2[cH-]1.Cc1cc2c(Br)cc(Cl)cc2[cH-]1.[Cl-].[Cl-]. The predicted octanol–water partition coefficient (Wildman–Crippen LogP) is 3.36. The molecule has 0 unspecified atom stereocenters. The number of rotatable bonds is 0. The first-order valence-corrected chi connectivity index (χ1v) is 17.2. The number of benzene rings is 2. The van der Waals surface area contributed by atoms with Crippen molar-refractivity contribution in [2.24, 2.45) is 0 Å². The van der Waals surface area contributed by atoms with E-state index in [0.717, 1.165) is 19.0 Å². The average molecular weight is 705 g/mol. The second-order valence-electron chi connectivity index (χ2n) is 6.85. The summed E-state index contributed by atoms with van der Waals surface area (Å²) in [6.45, 7) is 8.78. The molecule has 0 aliphatic rings. The van der Waals surface area contributed by atoms with Crippen LogP contribution in [0.25, 0.3) is 21.5 Å². The van der Waals surface area contributed by atoms with E-state index in [0.29, 0.717) is 0 Å². The first-order valence-electron chi connectivity index (χ1n) is 8.62. The Morgan fingerprint density at radius 2 is 1.03 bits per heavy atom. The van der Waals surface area contributed by atoms with Crippen LogP contribution in [0, 0.1) is 13.8 Å². The van der Waals surface area contributed by atoms with E-state index in [2.05, 4.69) is 83.1 Å². The van der Waals surface area contributed by atoms with E-state index in [4.69, 9.17) is 23.2 Å². The third-order valence-electron chi connectivity index (χ3n) is 3.76. The first-order chi connectivity index (χ1) is 13.1. The zero-order valence-electron chi connectivity index (χ0n) is 16.9. The molecule has 0 aromatic heterocycles. The van der Waals surface area contributed by atoms with Gasteiger partial charge in [0.2, 0.25) is 0 Å². The van der Waals surface area contributed by atoms with Crippen molar-refractivity contribution < 1.29 is 48.1 Å². The number of fused-ring (bicyclic) bond motifs is 2. The summed E-state index contributed by atoms with van der Waals surface area (Å²) in [6.07, 6.45) is 0. The van der Waals surface area contributed by atoms with Crippen LogP contribution in [0.3, 0.4) is 0 Å². The summed E-state index contributed by atoms with van der Waals surface area (Å²) in [5, 5.41) is 6.42. The van der Waals surface area contributed by atoms with Gasteiger partial charge in [-0.2, -0.15) is 12.1 Å². The zero-order chi connectivity index (χ0) is 21.0. The molecule has 0 amide bonds. The molecule has 4 aromatic rings. The van der Waals surface area contributed by atoms with Gasteiger partial charge in [0.25, 0.3) is 0 Å². The van der Waals surface area contributed by atoms with Gasteiger partial charge in [0.05, 0.1) is 0 Å². The molecule has 0 heterocycles. The summed E-state index contributed by atoms with van der Waals surface area (Å²) in [7, 11) is 0. The van der Waals surface area contributed by atoms with Gasteiger partial charge >= 0.3 is 41.9 Å². The van der Waals surface area contributed by atoms with Crippen LogP contribution in [0.4, 0.5) is 0 Å². The van der Waals surface area contributed by atoms with E-state index in [1.807, 2.05) is 24.3 Å².